The van der Waals surface area contributed by atoms with Gasteiger partial charge in [-0.25, -0.2) is 0 Å². The Bertz CT molecular complexity index is 977. The van der Waals surface area contributed by atoms with Crippen molar-refractivity contribution >= 4 is 20.1 Å². The van der Waals surface area contributed by atoms with Crippen LogP contribution in [0.25, 0.3) is 0 Å². The molecule has 3 rings (SSSR count). The number of nitrogens with zero attached hydrogens (tertiary/aromatic N) is 2. The molecule has 0 aliphatic carbocycles. The van der Waals surface area contributed by atoms with Crippen LogP contribution in [-0.4, -0.2) is 38.2 Å². The molecule has 2 atom stereocenters. The summed E-state index contributed by atoms with van der Waals surface area (Å²) >= 11 is 0. The Morgan fingerprint density at radius 1 is 1.03 bits per heavy atom. The lowest BCUT2D eigenvalue weighted by molar-refractivity contribution is 0.0487. The lowest BCUT2D eigenvalue weighted by Crippen LogP contribution is -2.25. The van der Waals surface area contributed by atoms with Crippen LogP contribution in [0.5, 0.6) is 5.75 Å². The van der Waals surface area contributed by atoms with Crippen molar-refractivity contribution in [2.24, 2.45) is 5.10 Å². The van der Waals surface area contributed by atoms with Crippen LogP contribution in [0.15, 0.2) is 41.5 Å². The lowest BCUT2D eigenvalue weighted by atomic mass is 9.81. The fourth-order valence-corrected chi connectivity index (χ4v) is 6.08. The first kappa shape index (κ1) is 26.7. The van der Waals surface area contributed by atoms with Gasteiger partial charge in [-0.2, -0.15) is 5.10 Å². The topological polar surface area (TPSA) is 34.1 Å². The van der Waals surface area contributed by atoms with Crippen molar-refractivity contribution in [2.75, 3.05) is 27.0 Å². The van der Waals surface area contributed by atoms with Crippen LogP contribution in [0, 0.1) is 6.92 Å². The molecular weight excluding hydrogens is 439 g/mol. The predicted molar refractivity (Wildman–Crippen MR) is 147 cm³/mol. The average Bonchev–Trinajstić information content (AvgIpc) is 2.82. The van der Waals surface area contributed by atoms with Gasteiger partial charge in [0.1, 0.15) is 5.75 Å². The fourth-order valence-electron chi connectivity index (χ4n) is 4.52. The molecule has 0 radical (unpaired) electrons. The normalized spacial score (nSPS) is 17.0. The van der Waals surface area contributed by atoms with E-state index in [0.29, 0.717) is 8.58 Å². The number of piperidine rings is 1. The van der Waals surface area contributed by atoms with Gasteiger partial charge in [0.05, 0.1) is 6.21 Å². The van der Waals surface area contributed by atoms with E-state index in [2.05, 4.69) is 89.2 Å². The summed E-state index contributed by atoms with van der Waals surface area (Å²) in [6, 6.07) is 13.3. The minimum Gasteiger partial charge on any atom is -0.467 e. The molecule has 2 unspecified atom stereocenters. The van der Waals surface area contributed by atoms with E-state index in [1.165, 1.54) is 46.8 Å². The number of hydrogen-bond acceptors (Lipinski definition) is 4. The standard InChI is InChI=1S/C29H43N2O2P/c1-8-29(6,25-19-22(2)18-24(28(3,4)5)27(25)33-21-32-7)34-26-15-11-10-14-23(26)20-30-31-16-12-9-13-17-31/h10-11,14-15,18-20,34H,8-9,12-13,16-17,21H2,1-7H3/b30-20+. The van der Waals surface area contributed by atoms with Gasteiger partial charge < -0.3 is 9.47 Å². The van der Waals surface area contributed by atoms with Gasteiger partial charge in [-0.15, -0.1) is 0 Å². The first-order valence-corrected chi connectivity index (χ1v) is 13.6. The molecule has 0 bridgehead atoms. The molecule has 0 amide bonds. The predicted octanol–water partition coefficient (Wildman–Crippen LogP) is 6.72. The van der Waals surface area contributed by atoms with E-state index in [0.717, 1.165) is 25.3 Å². The molecule has 1 fully saturated rings. The maximum Gasteiger partial charge on any atom is 0.188 e. The summed E-state index contributed by atoms with van der Waals surface area (Å²) in [5, 5.41) is 8.34. The van der Waals surface area contributed by atoms with Crippen molar-refractivity contribution in [3.63, 3.8) is 0 Å². The second kappa shape index (κ2) is 11.7. The molecule has 1 heterocycles. The Hall–Kier alpha value is -1.90. The number of hydrazone groups is 1. The number of aryl methyl sites for hydroxylation is 1. The molecule has 1 saturated heterocycles. The van der Waals surface area contributed by atoms with Gasteiger partial charge in [-0.05, 0) is 43.3 Å². The zero-order valence-corrected chi connectivity index (χ0v) is 23.2. The molecule has 1 aliphatic rings. The van der Waals surface area contributed by atoms with Crippen molar-refractivity contribution in [3.8, 4) is 5.75 Å². The first-order valence-electron chi connectivity index (χ1n) is 12.6. The summed E-state index contributed by atoms with van der Waals surface area (Å²) in [5.41, 5.74) is 4.98. The van der Waals surface area contributed by atoms with Crippen LogP contribution in [0.2, 0.25) is 0 Å². The summed E-state index contributed by atoms with van der Waals surface area (Å²) in [6.07, 6.45) is 6.88. The highest BCUT2D eigenvalue weighted by Gasteiger charge is 2.33. The van der Waals surface area contributed by atoms with Gasteiger partial charge in [-0.1, -0.05) is 85.2 Å². The Kier molecular flexibility index (Phi) is 9.18. The maximum absolute atomic E-state index is 6.29. The maximum atomic E-state index is 6.29. The van der Waals surface area contributed by atoms with Gasteiger partial charge in [0.2, 0.25) is 0 Å². The molecule has 0 N–H and O–H groups in total. The van der Waals surface area contributed by atoms with E-state index in [9.17, 15) is 0 Å². The molecule has 0 saturated carbocycles. The molecule has 2 aromatic rings. The summed E-state index contributed by atoms with van der Waals surface area (Å²) < 4.78 is 11.6. The smallest absolute Gasteiger partial charge is 0.188 e. The van der Waals surface area contributed by atoms with E-state index < -0.39 is 0 Å². The number of benzene rings is 2. The fraction of sp³-hybridized carbons (Fsp3) is 0.552. The molecule has 4 nitrogen and oxygen atoms in total. The molecule has 2 aromatic carbocycles. The molecule has 0 spiro atoms. The van der Waals surface area contributed by atoms with Gasteiger partial charge in [-0.3, -0.25) is 5.01 Å². The third kappa shape index (κ3) is 6.61. The number of methoxy groups -OCH3 is 1. The zero-order chi connectivity index (χ0) is 24.8. The lowest BCUT2D eigenvalue weighted by Gasteiger charge is -2.35. The Morgan fingerprint density at radius 3 is 2.35 bits per heavy atom. The minimum absolute atomic E-state index is 0.0272. The van der Waals surface area contributed by atoms with Crippen LogP contribution < -0.4 is 10.0 Å². The molecule has 5 heteroatoms. The largest absolute Gasteiger partial charge is 0.467 e. The summed E-state index contributed by atoms with van der Waals surface area (Å²) in [7, 11) is 2.27. The van der Waals surface area contributed by atoms with Crippen molar-refractivity contribution in [3.05, 3.63) is 58.7 Å². The van der Waals surface area contributed by atoms with Crippen LogP contribution in [-0.2, 0) is 15.3 Å². The van der Waals surface area contributed by atoms with Gasteiger partial charge in [0.25, 0.3) is 0 Å². The Morgan fingerprint density at radius 2 is 1.71 bits per heavy atom. The quantitative estimate of drug-likeness (QED) is 0.226. The van der Waals surface area contributed by atoms with E-state index in [1.54, 1.807) is 7.11 Å². The Labute approximate surface area is 208 Å². The van der Waals surface area contributed by atoms with E-state index in [-0.39, 0.29) is 17.4 Å². The number of hydrogen-bond donors (Lipinski definition) is 0. The highest BCUT2D eigenvalue weighted by atomic mass is 31.1. The second-order valence-corrected chi connectivity index (χ2v) is 12.5. The van der Waals surface area contributed by atoms with Crippen molar-refractivity contribution < 1.29 is 9.47 Å². The van der Waals surface area contributed by atoms with Crippen molar-refractivity contribution in [1.82, 2.24) is 5.01 Å². The van der Waals surface area contributed by atoms with Crippen molar-refractivity contribution in [2.45, 2.75) is 77.8 Å². The monoisotopic (exact) mass is 482 g/mol. The minimum atomic E-state index is -0.0653. The van der Waals surface area contributed by atoms with Crippen LogP contribution in [0.3, 0.4) is 0 Å². The second-order valence-electron chi connectivity index (χ2n) is 10.6. The third-order valence-electron chi connectivity index (χ3n) is 6.73. The molecular formula is C29H43N2O2P. The Balaban J connectivity index is 2.02. The zero-order valence-electron chi connectivity index (χ0n) is 22.2. The van der Waals surface area contributed by atoms with Crippen molar-refractivity contribution in [1.29, 1.82) is 0 Å². The van der Waals surface area contributed by atoms with Gasteiger partial charge in [0.15, 0.2) is 6.79 Å². The highest BCUT2D eigenvalue weighted by molar-refractivity contribution is 7.48. The van der Waals surface area contributed by atoms with Crippen LogP contribution in [0.1, 0.15) is 82.6 Å². The summed E-state index contributed by atoms with van der Waals surface area (Å²) in [5.74, 6) is 0.983. The van der Waals surface area contributed by atoms with Gasteiger partial charge in [0, 0.05) is 42.0 Å². The number of ether oxygens (including phenoxy) is 2. The summed E-state index contributed by atoms with van der Waals surface area (Å²) in [6.45, 7) is 16.0. The molecule has 1 aliphatic heterocycles. The summed E-state index contributed by atoms with van der Waals surface area (Å²) in [4.78, 5) is 0. The van der Waals surface area contributed by atoms with Crippen LogP contribution >= 0.6 is 8.58 Å². The third-order valence-corrected chi connectivity index (χ3v) is 8.63. The SMILES string of the molecule is CCC(C)(Pc1ccccc1/C=N/N1CCCCC1)c1cc(C)cc(C(C)(C)C)c1OCOC. The average molecular weight is 483 g/mol. The van der Waals surface area contributed by atoms with Crippen LogP contribution in [0.4, 0.5) is 0 Å². The number of rotatable bonds is 9. The van der Waals surface area contributed by atoms with E-state index >= 15 is 0 Å². The molecule has 0 aromatic heterocycles. The van der Waals surface area contributed by atoms with E-state index in [1.807, 2.05) is 0 Å². The first-order chi connectivity index (χ1) is 16.2. The van der Waals surface area contributed by atoms with Gasteiger partial charge >= 0.3 is 0 Å². The van der Waals surface area contributed by atoms with E-state index in [4.69, 9.17) is 14.6 Å². The molecule has 186 valence electrons. The molecule has 34 heavy (non-hydrogen) atoms. The highest BCUT2D eigenvalue weighted by Crippen LogP contribution is 2.50.